The number of carbonyl (C=O) groups excluding carboxylic acids is 1. The van der Waals surface area contributed by atoms with Gasteiger partial charge in [-0.05, 0) is 30.5 Å². The fourth-order valence-electron chi connectivity index (χ4n) is 2.25. The van der Waals surface area contributed by atoms with Crippen LogP contribution in [-0.4, -0.2) is 38.9 Å². The Hall–Kier alpha value is -1.60. The number of nitrogen functional groups attached to an aromatic ring is 1. The Bertz CT molecular complexity index is 628. The number of nitrogens with zero attached hydrogens (tertiary/aromatic N) is 1. The molecular formula is C13H19N3O3S. The Balaban J connectivity index is 2.23. The van der Waals surface area contributed by atoms with Crippen LogP contribution in [0.1, 0.15) is 18.9 Å². The molecule has 1 fully saturated rings. The highest BCUT2D eigenvalue weighted by Gasteiger charge is 2.32. The van der Waals surface area contributed by atoms with E-state index < -0.39 is 16.1 Å². The third kappa shape index (κ3) is 2.78. The second kappa shape index (κ2) is 5.41. The van der Waals surface area contributed by atoms with Crippen molar-refractivity contribution in [3.05, 3.63) is 23.8 Å². The van der Waals surface area contributed by atoms with Gasteiger partial charge in [-0.2, -0.15) is 4.72 Å². The minimum absolute atomic E-state index is 0.0922. The fourth-order valence-corrected chi connectivity index (χ4v) is 3.51. The highest BCUT2D eigenvalue weighted by atomic mass is 32.2. The smallest absolute Gasteiger partial charge is 0.241 e. The molecule has 110 valence electrons. The van der Waals surface area contributed by atoms with Gasteiger partial charge in [0.2, 0.25) is 15.9 Å². The van der Waals surface area contributed by atoms with Crippen molar-refractivity contribution >= 4 is 21.6 Å². The first-order valence-corrected chi connectivity index (χ1v) is 7.99. The predicted molar refractivity (Wildman–Crippen MR) is 76.6 cm³/mol. The van der Waals surface area contributed by atoms with Gasteiger partial charge >= 0.3 is 0 Å². The maximum atomic E-state index is 12.3. The maximum absolute atomic E-state index is 12.3. The lowest BCUT2D eigenvalue weighted by molar-refractivity contribution is -0.127. The highest BCUT2D eigenvalue weighted by Crippen LogP contribution is 2.20. The molecule has 0 aromatic heterocycles. The van der Waals surface area contributed by atoms with Crippen molar-refractivity contribution in [1.29, 1.82) is 0 Å². The summed E-state index contributed by atoms with van der Waals surface area (Å²) in [6.07, 6.45) is 1.22. The molecule has 0 saturated carbocycles. The van der Waals surface area contributed by atoms with Crippen LogP contribution in [0.4, 0.5) is 5.69 Å². The molecule has 1 unspecified atom stereocenters. The zero-order valence-electron chi connectivity index (χ0n) is 11.6. The van der Waals surface area contributed by atoms with Crippen LogP contribution in [0.25, 0.3) is 0 Å². The zero-order chi connectivity index (χ0) is 14.9. The van der Waals surface area contributed by atoms with Gasteiger partial charge in [0.05, 0.1) is 4.90 Å². The van der Waals surface area contributed by atoms with Gasteiger partial charge in [0.15, 0.2) is 0 Å². The molecule has 7 heteroatoms. The van der Waals surface area contributed by atoms with Gasteiger partial charge in [0, 0.05) is 19.3 Å². The van der Waals surface area contributed by atoms with E-state index in [0.29, 0.717) is 18.7 Å². The van der Waals surface area contributed by atoms with E-state index in [0.717, 1.165) is 12.0 Å². The van der Waals surface area contributed by atoms with Crippen molar-refractivity contribution in [2.75, 3.05) is 19.3 Å². The molecular weight excluding hydrogens is 278 g/mol. The summed E-state index contributed by atoms with van der Waals surface area (Å²) in [5.74, 6) is -0.202. The molecule has 0 bridgehead atoms. The first kappa shape index (κ1) is 14.8. The van der Waals surface area contributed by atoms with E-state index in [1.54, 1.807) is 13.1 Å². The average Bonchev–Trinajstić information content (AvgIpc) is 2.70. The van der Waals surface area contributed by atoms with Crippen molar-refractivity contribution in [3.8, 4) is 0 Å². The number of likely N-dealkylation sites (tertiary alicyclic amines) is 1. The largest absolute Gasteiger partial charge is 0.398 e. The number of aryl methyl sites for hydroxylation is 1. The van der Waals surface area contributed by atoms with Crippen LogP contribution in [0.3, 0.4) is 0 Å². The van der Waals surface area contributed by atoms with Gasteiger partial charge in [0.1, 0.15) is 6.04 Å². The van der Waals surface area contributed by atoms with Crippen molar-refractivity contribution in [3.63, 3.8) is 0 Å². The quantitative estimate of drug-likeness (QED) is 0.784. The van der Waals surface area contributed by atoms with Gasteiger partial charge in [0.25, 0.3) is 0 Å². The number of rotatable bonds is 4. The Morgan fingerprint density at radius 2 is 2.15 bits per heavy atom. The summed E-state index contributed by atoms with van der Waals surface area (Å²) < 4.78 is 27.0. The van der Waals surface area contributed by atoms with Crippen LogP contribution >= 0.6 is 0 Å². The lowest BCUT2D eigenvalue weighted by Crippen LogP contribution is -2.40. The molecule has 2 rings (SSSR count). The molecule has 3 N–H and O–H groups in total. The van der Waals surface area contributed by atoms with Crippen LogP contribution in [-0.2, 0) is 21.2 Å². The topological polar surface area (TPSA) is 92.5 Å². The van der Waals surface area contributed by atoms with E-state index in [9.17, 15) is 13.2 Å². The summed E-state index contributed by atoms with van der Waals surface area (Å²) >= 11 is 0. The number of nitrogens with two attached hydrogens (primary N) is 1. The van der Waals surface area contributed by atoms with Gasteiger partial charge in [-0.3, -0.25) is 4.79 Å². The number of likely N-dealkylation sites (N-methyl/N-ethyl adjacent to an activating group) is 1. The minimum atomic E-state index is -3.73. The summed E-state index contributed by atoms with van der Waals surface area (Å²) in [7, 11) is -2.07. The monoisotopic (exact) mass is 297 g/mol. The predicted octanol–water partition coefficient (Wildman–Crippen LogP) is 0.340. The molecule has 0 radical (unpaired) electrons. The number of amides is 1. The fraction of sp³-hybridized carbons (Fsp3) is 0.462. The van der Waals surface area contributed by atoms with Crippen LogP contribution < -0.4 is 10.5 Å². The molecule has 1 heterocycles. The number of hydrogen-bond acceptors (Lipinski definition) is 4. The number of benzene rings is 1. The van der Waals surface area contributed by atoms with Crippen LogP contribution in [0.15, 0.2) is 23.1 Å². The molecule has 1 saturated heterocycles. The van der Waals surface area contributed by atoms with Crippen LogP contribution in [0.5, 0.6) is 0 Å². The molecule has 1 aliphatic heterocycles. The van der Waals surface area contributed by atoms with Gasteiger partial charge in [-0.15, -0.1) is 0 Å². The van der Waals surface area contributed by atoms with Gasteiger partial charge in [-0.1, -0.05) is 13.0 Å². The van der Waals surface area contributed by atoms with E-state index >= 15 is 0 Å². The minimum Gasteiger partial charge on any atom is -0.398 e. The van der Waals surface area contributed by atoms with Crippen LogP contribution in [0.2, 0.25) is 0 Å². The third-order valence-electron chi connectivity index (χ3n) is 3.53. The number of sulfonamides is 1. The summed E-state index contributed by atoms with van der Waals surface area (Å²) in [4.78, 5) is 13.4. The second-order valence-corrected chi connectivity index (χ2v) is 6.65. The Morgan fingerprint density at radius 1 is 1.45 bits per heavy atom. The highest BCUT2D eigenvalue weighted by molar-refractivity contribution is 7.89. The summed E-state index contributed by atoms with van der Waals surface area (Å²) in [5.41, 5.74) is 7.17. The van der Waals surface area contributed by atoms with E-state index in [2.05, 4.69) is 4.72 Å². The van der Waals surface area contributed by atoms with Crippen molar-refractivity contribution in [1.82, 2.24) is 9.62 Å². The Morgan fingerprint density at radius 3 is 2.65 bits per heavy atom. The SMILES string of the molecule is CCc1ccc(S(=O)(=O)NC2CCN(C)C2=O)cc1N. The number of anilines is 1. The zero-order valence-corrected chi connectivity index (χ0v) is 12.4. The summed E-state index contributed by atoms with van der Waals surface area (Å²) in [5, 5.41) is 0. The lowest BCUT2D eigenvalue weighted by atomic mass is 10.1. The van der Waals surface area contributed by atoms with Gasteiger partial charge in [-0.25, -0.2) is 8.42 Å². The third-order valence-corrected chi connectivity index (χ3v) is 5.00. The molecule has 1 amide bonds. The van der Waals surface area contributed by atoms with Crippen molar-refractivity contribution in [2.45, 2.75) is 30.7 Å². The van der Waals surface area contributed by atoms with Gasteiger partial charge < -0.3 is 10.6 Å². The Kier molecular flexibility index (Phi) is 4.01. The normalized spacial score (nSPS) is 19.6. The molecule has 1 atom stereocenters. The molecule has 1 aromatic rings. The maximum Gasteiger partial charge on any atom is 0.241 e. The molecule has 0 spiro atoms. The van der Waals surface area contributed by atoms with Crippen LogP contribution in [0, 0.1) is 0 Å². The second-order valence-electron chi connectivity index (χ2n) is 4.94. The number of hydrogen-bond donors (Lipinski definition) is 2. The molecule has 0 aliphatic carbocycles. The lowest BCUT2D eigenvalue weighted by Gasteiger charge is -2.13. The van der Waals surface area contributed by atoms with Crippen molar-refractivity contribution in [2.24, 2.45) is 0 Å². The van der Waals surface area contributed by atoms with E-state index in [4.69, 9.17) is 5.73 Å². The first-order chi connectivity index (χ1) is 9.35. The first-order valence-electron chi connectivity index (χ1n) is 6.51. The molecule has 20 heavy (non-hydrogen) atoms. The molecule has 1 aromatic carbocycles. The summed E-state index contributed by atoms with van der Waals surface area (Å²) in [6.45, 7) is 2.51. The standard InChI is InChI=1S/C13H19N3O3S/c1-3-9-4-5-10(8-11(9)14)20(18,19)15-12-6-7-16(2)13(12)17/h4-5,8,12,15H,3,6-7,14H2,1-2H3. The van der Waals surface area contributed by atoms with E-state index in [-0.39, 0.29) is 10.8 Å². The Labute approximate surface area is 119 Å². The molecule has 1 aliphatic rings. The van der Waals surface area contributed by atoms with E-state index in [1.165, 1.54) is 17.0 Å². The van der Waals surface area contributed by atoms with E-state index in [1.807, 2.05) is 6.92 Å². The average molecular weight is 297 g/mol. The number of nitrogens with one attached hydrogen (secondary N) is 1. The van der Waals surface area contributed by atoms with Crippen molar-refractivity contribution < 1.29 is 13.2 Å². The summed E-state index contributed by atoms with van der Waals surface area (Å²) in [6, 6.07) is 3.97. The molecule has 6 nitrogen and oxygen atoms in total. The number of carbonyl (C=O) groups is 1.